The summed E-state index contributed by atoms with van der Waals surface area (Å²) in [6.45, 7) is 1.78. The molecule has 6 nitrogen and oxygen atoms in total. The third kappa shape index (κ3) is 3.89. The molecule has 0 saturated carbocycles. The van der Waals surface area contributed by atoms with Gasteiger partial charge < -0.3 is 9.52 Å². The minimum absolute atomic E-state index is 0.170. The molecule has 0 spiro atoms. The number of amides is 1. The van der Waals surface area contributed by atoms with Crippen LogP contribution in [0.15, 0.2) is 43.1 Å². The highest BCUT2D eigenvalue weighted by molar-refractivity contribution is 14.1. The lowest BCUT2D eigenvalue weighted by atomic mass is 10.1. The van der Waals surface area contributed by atoms with Gasteiger partial charge in [-0.1, -0.05) is 0 Å². The van der Waals surface area contributed by atoms with E-state index in [0.717, 1.165) is 10.0 Å². The second-order valence-corrected chi connectivity index (χ2v) is 8.29. The fraction of sp³-hybridized carbons (Fsp3) is 0.118. The summed E-state index contributed by atoms with van der Waals surface area (Å²) >= 11 is 6.68. The number of carbonyl (C=O) groups excluding carboxylic acids is 1. The summed E-state index contributed by atoms with van der Waals surface area (Å²) in [6, 6.07) is 6.49. The molecule has 1 aromatic heterocycles. The number of rotatable bonds is 3. The van der Waals surface area contributed by atoms with E-state index in [1.165, 1.54) is 22.7 Å². The number of hydrogen-bond donors (Lipinski definition) is 1. The van der Waals surface area contributed by atoms with Gasteiger partial charge in [-0.15, -0.1) is 0 Å². The fourth-order valence-corrected chi connectivity index (χ4v) is 3.91. The second-order valence-electron chi connectivity index (χ2n) is 5.45. The first kappa shape index (κ1) is 19.2. The van der Waals surface area contributed by atoms with E-state index in [0.29, 0.717) is 25.3 Å². The Labute approximate surface area is 175 Å². The zero-order valence-corrected chi connectivity index (χ0v) is 18.2. The van der Waals surface area contributed by atoms with E-state index < -0.39 is 5.97 Å². The van der Waals surface area contributed by atoms with E-state index >= 15 is 0 Å². The topological polar surface area (TPSA) is 83.1 Å². The molecule has 0 radical (unpaired) electrons. The van der Waals surface area contributed by atoms with Crippen molar-refractivity contribution in [3.63, 3.8) is 0 Å². The number of aliphatic imine (C=N–C) groups is 1. The van der Waals surface area contributed by atoms with E-state index in [4.69, 9.17) is 9.52 Å². The summed E-state index contributed by atoms with van der Waals surface area (Å²) in [5, 5.41) is 9.57. The van der Waals surface area contributed by atoms with E-state index in [9.17, 15) is 9.59 Å². The molecule has 0 atom stereocenters. The first-order valence-corrected chi connectivity index (χ1v) is 10.00. The third-order valence-electron chi connectivity index (χ3n) is 3.60. The minimum atomic E-state index is -0.987. The molecule has 2 heterocycles. The molecular formula is C17H12BrIN2O4S. The Morgan fingerprint density at radius 1 is 1.42 bits per heavy atom. The molecule has 1 aromatic carbocycles. The van der Waals surface area contributed by atoms with Crippen LogP contribution >= 0.6 is 50.3 Å². The summed E-state index contributed by atoms with van der Waals surface area (Å²) in [6.07, 6.45) is 1.68. The van der Waals surface area contributed by atoms with Crippen LogP contribution in [0.25, 0.3) is 6.08 Å². The first-order chi connectivity index (χ1) is 12.3. The third-order valence-corrected chi connectivity index (χ3v) is 6.79. The van der Waals surface area contributed by atoms with Crippen molar-refractivity contribution in [2.75, 3.05) is 7.05 Å². The second kappa shape index (κ2) is 7.57. The SMILES string of the molecule is Cc1cc(C(=O)O)ccc1N=C1S/C(=C\c2cc(Br)c(I)o2)C(=O)N1C. The molecule has 0 unspecified atom stereocenters. The van der Waals surface area contributed by atoms with Gasteiger partial charge in [0.15, 0.2) is 8.93 Å². The predicted octanol–water partition coefficient (Wildman–Crippen LogP) is 4.89. The number of amidine groups is 1. The number of halogens is 2. The van der Waals surface area contributed by atoms with Crippen LogP contribution in [0.3, 0.4) is 0 Å². The van der Waals surface area contributed by atoms with Crippen LogP contribution < -0.4 is 0 Å². The van der Waals surface area contributed by atoms with Crippen LogP contribution in [0, 0.1) is 10.7 Å². The van der Waals surface area contributed by atoms with Crippen molar-refractivity contribution in [2.45, 2.75) is 6.92 Å². The summed E-state index contributed by atoms with van der Waals surface area (Å²) < 4.78 is 7.09. The Balaban J connectivity index is 1.91. The van der Waals surface area contributed by atoms with Gasteiger partial charge in [0.2, 0.25) is 0 Å². The van der Waals surface area contributed by atoms with Gasteiger partial charge in [-0.3, -0.25) is 9.69 Å². The molecule has 1 aliphatic heterocycles. The molecule has 1 amide bonds. The van der Waals surface area contributed by atoms with Crippen LogP contribution in [0.5, 0.6) is 0 Å². The highest BCUT2D eigenvalue weighted by Crippen LogP contribution is 2.35. The van der Waals surface area contributed by atoms with E-state index in [1.54, 1.807) is 38.2 Å². The van der Waals surface area contributed by atoms with Crippen LogP contribution in [0.1, 0.15) is 21.7 Å². The van der Waals surface area contributed by atoms with Gasteiger partial charge in [0.05, 0.1) is 20.6 Å². The number of carbonyl (C=O) groups is 2. The highest BCUT2D eigenvalue weighted by atomic mass is 127. The maximum absolute atomic E-state index is 12.5. The highest BCUT2D eigenvalue weighted by Gasteiger charge is 2.31. The van der Waals surface area contributed by atoms with E-state index in [-0.39, 0.29) is 11.5 Å². The monoisotopic (exact) mass is 546 g/mol. The number of benzene rings is 1. The van der Waals surface area contributed by atoms with E-state index in [1.807, 2.05) is 0 Å². The molecule has 1 aliphatic rings. The summed E-state index contributed by atoms with van der Waals surface area (Å²) in [7, 11) is 1.65. The average molecular weight is 547 g/mol. The minimum Gasteiger partial charge on any atom is -0.478 e. The molecule has 0 bridgehead atoms. The molecule has 1 N–H and O–H groups in total. The van der Waals surface area contributed by atoms with Gasteiger partial charge >= 0.3 is 5.97 Å². The molecule has 3 rings (SSSR count). The van der Waals surface area contributed by atoms with Crippen LogP contribution in [0.4, 0.5) is 5.69 Å². The van der Waals surface area contributed by atoms with Crippen LogP contribution in [0.2, 0.25) is 0 Å². The van der Waals surface area contributed by atoms with Gasteiger partial charge in [0, 0.05) is 35.7 Å². The normalized spacial score (nSPS) is 17.5. The number of carboxylic acids is 1. The summed E-state index contributed by atoms with van der Waals surface area (Å²) in [5.74, 6) is -0.579. The maximum Gasteiger partial charge on any atom is 0.335 e. The van der Waals surface area contributed by atoms with Crippen molar-refractivity contribution in [3.05, 3.63) is 54.3 Å². The molecule has 9 heteroatoms. The number of nitrogens with zero attached hydrogens (tertiary/aromatic N) is 2. The lowest BCUT2D eigenvalue weighted by Gasteiger charge is -2.08. The maximum atomic E-state index is 12.5. The lowest BCUT2D eigenvalue weighted by Crippen LogP contribution is -2.23. The zero-order valence-electron chi connectivity index (χ0n) is 13.6. The van der Waals surface area contributed by atoms with Gasteiger partial charge in [-0.2, -0.15) is 0 Å². The lowest BCUT2D eigenvalue weighted by molar-refractivity contribution is -0.121. The van der Waals surface area contributed by atoms with Crippen molar-refractivity contribution in [1.82, 2.24) is 4.90 Å². The number of aryl methyl sites for hydroxylation is 1. The smallest absolute Gasteiger partial charge is 0.335 e. The number of furan rings is 1. The predicted molar refractivity (Wildman–Crippen MR) is 113 cm³/mol. The Morgan fingerprint density at radius 2 is 2.15 bits per heavy atom. The van der Waals surface area contributed by atoms with Crippen LogP contribution in [-0.2, 0) is 4.79 Å². The number of likely N-dealkylation sites (N-methyl/N-ethyl adjacent to an activating group) is 1. The number of aromatic carboxylic acids is 1. The molecule has 1 fully saturated rings. The quantitative estimate of drug-likeness (QED) is 0.438. The largest absolute Gasteiger partial charge is 0.478 e. The van der Waals surface area contributed by atoms with Gasteiger partial charge in [-0.05, 0) is 64.4 Å². The van der Waals surface area contributed by atoms with Crippen molar-refractivity contribution >= 4 is 79.1 Å². The number of hydrogen-bond acceptors (Lipinski definition) is 5. The Hall–Kier alpha value is -1.59. The summed E-state index contributed by atoms with van der Waals surface area (Å²) in [4.78, 5) is 30.0. The van der Waals surface area contributed by atoms with Gasteiger partial charge in [-0.25, -0.2) is 9.79 Å². The Kier molecular flexibility index (Phi) is 5.58. The van der Waals surface area contributed by atoms with Gasteiger partial charge in [0.25, 0.3) is 5.91 Å². The summed E-state index contributed by atoms with van der Waals surface area (Å²) in [5.41, 5.74) is 1.54. The molecule has 0 aliphatic carbocycles. The van der Waals surface area contributed by atoms with Crippen LogP contribution in [-0.4, -0.2) is 34.1 Å². The van der Waals surface area contributed by atoms with Crippen molar-refractivity contribution in [3.8, 4) is 0 Å². The average Bonchev–Trinajstić information content (AvgIpc) is 3.03. The first-order valence-electron chi connectivity index (χ1n) is 7.31. The number of thioether (sulfide) groups is 1. The Bertz CT molecular complexity index is 964. The standard InChI is InChI=1S/C17H12BrIN2O4S/c1-8-5-9(16(23)24)3-4-12(8)20-17-21(2)15(22)13(26-17)7-10-6-11(18)14(19)25-10/h3-7H,1-2H3,(H,23,24)/b13-7-,20-17?. The zero-order chi connectivity index (χ0) is 19.0. The molecule has 2 aromatic rings. The van der Waals surface area contributed by atoms with Crippen molar-refractivity contribution < 1.29 is 19.1 Å². The van der Waals surface area contributed by atoms with Crippen molar-refractivity contribution in [1.29, 1.82) is 0 Å². The fourth-order valence-electron chi connectivity index (χ4n) is 2.23. The molecular weight excluding hydrogens is 535 g/mol. The van der Waals surface area contributed by atoms with Gasteiger partial charge in [0.1, 0.15) is 5.76 Å². The number of carboxylic acid groups (broad SMARTS) is 1. The molecule has 134 valence electrons. The molecule has 1 saturated heterocycles. The molecule has 26 heavy (non-hydrogen) atoms. The van der Waals surface area contributed by atoms with Crippen molar-refractivity contribution in [2.24, 2.45) is 4.99 Å². The Morgan fingerprint density at radius 3 is 2.73 bits per heavy atom. The van der Waals surface area contributed by atoms with E-state index in [2.05, 4.69) is 43.5 Å².